The van der Waals surface area contributed by atoms with Crippen LogP contribution >= 0.6 is 23.2 Å². The Kier molecular flexibility index (Phi) is 4.34. The van der Waals surface area contributed by atoms with Crippen LogP contribution in [0.2, 0.25) is 0 Å². The van der Waals surface area contributed by atoms with Gasteiger partial charge in [0.05, 0.1) is 4.90 Å². The van der Waals surface area contributed by atoms with Crippen molar-refractivity contribution in [3.8, 4) is 0 Å². The first-order valence-electron chi connectivity index (χ1n) is 8.25. The second-order valence-electron chi connectivity index (χ2n) is 6.54. The van der Waals surface area contributed by atoms with Crippen LogP contribution in [0.4, 0.5) is 0 Å². The first-order chi connectivity index (χ1) is 11.9. The van der Waals surface area contributed by atoms with Gasteiger partial charge in [-0.3, -0.25) is 0 Å². The monoisotopic (exact) mass is 404 g/mol. The zero-order valence-electron chi connectivity index (χ0n) is 13.4. The molecule has 2 aromatic rings. The molecule has 4 rings (SSSR count). The molecule has 10 heteroatoms. The third kappa shape index (κ3) is 3.32. The first kappa shape index (κ1) is 17.3. The van der Waals surface area contributed by atoms with Crippen LogP contribution in [0.1, 0.15) is 25.7 Å². The molecule has 1 aliphatic heterocycles. The van der Waals surface area contributed by atoms with Crippen molar-refractivity contribution in [2.75, 3.05) is 19.7 Å². The first-order valence-corrected chi connectivity index (χ1v) is 10.4. The summed E-state index contributed by atoms with van der Waals surface area (Å²) in [6.45, 7) is 1.42. The SMILES string of the molecule is O=S(=O)(c1ccc2nnn(OC[C@H]3CC3(Cl)Cl)c2c1)N1CCCCC1. The highest BCUT2D eigenvalue weighted by molar-refractivity contribution is 7.89. The molecule has 2 fully saturated rings. The van der Waals surface area contributed by atoms with Crippen LogP contribution < -0.4 is 4.84 Å². The van der Waals surface area contributed by atoms with Gasteiger partial charge < -0.3 is 4.84 Å². The topological polar surface area (TPSA) is 77.3 Å². The summed E-state index contributed by atoms with van der Waals surface area (Å²) >= 11 is 12.0. The van der Waals surface area contributed by atoms with E-state index in [-0.39, 0.29) is 10.8 Å². The predicted molar refractivity (Wildman–Crippen MR) is 94.1 cm³/mol. The number of benzene rings is 1. The molecular formula is C15H18Cl2N4O3S. The Morgan fingerprint density at radius 3 is 2.64 bits per heavy atom. The van der Waals surface area contributed by atoms with Crippen molar-refractivity contribution in [1.82, 2.24) is 19.5 Å². The van der Waals surface area contributed by atoms with Gasteiger partial charge in [-0.2, -0.15) is 4.31 Å². The largest absolute Gasteiger partial charge is 0.395 e. The van der Waals surface area contributed by atoms with E-state index >= 15 is 0 Å². The fraction of sp³-hybridized carbons (Fsp3) is 0.600. The molecule has 2 heterocycles. The summed E-state index contributed by atoms with van der Waals surface area (Å²) in [5.74, 6) is 0.0374. The number of hydrogen-bond acceptors (Lipinski definition) is 5. The van der Waals surface area contributed by atoms with Crippen LogP contribution in [0, 0.1) is 5.92 Å². The van der Waals surface area contributed by atoms with E-state index in [9.17, 15) is 8.42 Å². The molecule has 25 heavy (non-hydrogen) atoms. The maximum absolute atomic E-state index is 12.8. The minimum absolute atomic E-state index is 0.0374. The van der Waals surface area contributed by atoms with E-state index in [2.05, 4.69) is 10.3 Å². The molecule has 0 unspecified atom stereocenters. The third-order valence-electron chi connectivity index (χ3n) is 4.69. The summed E-state index contributed by atoms with van der Waals surface area (Å²) in [5.41, 5.74) is 1.07. The lowest BCUT2D eigenvalue weighted by Crippen LogP contribution is -2.35. The Balaban J connectivity index is 1.59. The van der Waals surface area contributed by atoms with Gasteiger partial charge in [0.1, 0.15) is 22.0 Å². The van der Waals surface area contributed by atoms with Crippen LogP contribution in [0.25, 0.3) is 11.0 Å². The fourth-order valence-electron chi connectivity index (χ4n) is 3.00. The maximum atomic E-state index is 12.8. The predicted octanol–water partition coefficient (Wildman–Crippen LogP) is 2.23. The molecule has 0 N–H and O–H groups in total. The number of nitrogens with zero attached hydrogens (tertiary/aromatic N) is 4. The minimum Gasteiger partial charge on any atom is -0.395 e. The van der Waals surface area contributed by atoms with Crippen molar-refractivity contribution in [1.29, 1.82) is 0 Å². The molecule has 1 aromatic heterocycles. The van der Waals surface area contributed by atoms with Crippen LogP contribution in [0.15, 0.2) is 23.1 Å². The fourth-order valence-corrected chi connectivity index (χ4v) is 5.04. The van der Waals surface area contributed by atoms with Crippen LogP contribution in [0.3, 0.4) is 0 Å². The Morgan fingerprint density at radius 1 is 1.24 bits per heavy atom. The van der Waals surface area contributed by atoms with E-state index in [1.165, 1.54) is 9.15 Å². The standard InChI is InChI=1S/C15H18Cl2N4O3S/c16-15(17)9-11(15)10-24-21-14-8-12(4-5-13(14)18-19-21)25(22,23)20-6-2-1-3-7-20/h4-5,8,11H,1-3,6-7,9-10H2/t11-/m1/s1. The highest BCUT2D eigenvalue weighted by Crippen LogP contribution is 2.52. The average Bonchev–Trinajstić information content (AvgIpc) is 3.03. The highest BCUT2D eigenvalue weighted by Gasteiger charge is 2.52. The number of hydrogen-bond donors (Lipinski definition) is 0. The van der Waals surface area contributed by atoms with E-state index in [1.807, 2.05) is 0 Å². The zero-order valence-corrected chi connectivity index (χ0v) is 15.8. The van der Waals surface area contributed by atoms with Crippen LogP contribution in [-0.2, 0) is 10.0 Å². The molecule has 136 valence electrons. The molecule has 0 spiro atoms. The lowest BCUT2D eigenvalue weighted by atomic mass is 10.2. The second kappa shape index (κ2) is 6.26. The molecule has 1 aromatic carbocycles. The van der Waals surface area contributed by atoms with Gasteiger partial charge in [-0.1, -0.05) is 11.3 Å². The summed E-state index contributed by atoms with van der Waals surface area (Å²) < 4.78 is 26.4. The van der Waals surface area contributed by atoms with Gasteiger partial charge in [-0.15, -0.1) is 28.3 Å². The normalized spacial score (nSPS) is 23.7. The van der Waals surface area contributed by atoms with Crippen molar-refractivity contribution >= 4 is 44.3 Å². The Labute approximate surface area is 155 Å². The van der Waals surface area contributed by atoms with Gasteiger partial charge in [-0.05, 0) is 42.7 Å². The Hall–Kier alpha value is -1.09. The molecule has 7 nitrogen and oxygen atoms in total. The molecule has 1 atom stereocenters. The van der Waals surface area contributed by atoms with Gasteiger partial charge in [0.25, 0.3) is 0 Å². The number of sulfonamides is 1. The average molecular weight is 405 g/mol. The zero-order chi connectivity index (χ0) is 17.7. The molecule has 1 saturated carbocycles. The van der Waals surface area contributed by atoms with Crippen LogP contribution in [-0.4, -0.2) is 51.9 Å². The van der Waals surface area contributed by atoms with E-state index in [4.69, 9.17) is 28.0 Å². The van der Waals surface area contributed by atoms with E-state index in [0.29, 0.717) is 37.2 Å². The third-order valence-corrected chi connectivity index (χ3v) is 7.51. The minimum atomic E-state index is -3.52. The van der Waals surface area contributed by atoms with Gasteiger partial charge in [0.2, 0.25) is 10.0 Å². The number of aromatic nitrogens is 3. The van der Waals surface area contributed by atoms with Gasteiger partial charge >= 0.3 is 0 Å². The van der Waals surface area contributed by atoms with Crippen molar-refractivity contribution < 1.29 is 13.3 Å². The maximum Gasteiger partial charge on any atom is 0.243 e. The second-order valence-corrected chi connectivity index (χ2v) is 10.0. The lowest BCUT2D eigenvalue weighted by molar-refractivity contribution is 0.0792. The van der Waals surface area contributed by atoms with E-state index in [1.54, 1.807) is 18.2 Å². The molecule has 1 saturated heterocycles. The van der Waals surface area contributed by atoms with Crippen molar-refractivity contribution in [3.63, 3.8) is 0 Å². The summed E-state index contributed by atoms with van der Waals surface area (Å²) in [5, 5.41) is 7.93. The number of halogens is 2. The summed E-state index contributed by atoms with van der Waals surface area (Å²) in [4.78, 5) is 7.07. The number of alkyl halides is 2. The molecule has 0 radical (unpaired) electrons. The number of rotatable bonds is 5. The smallest absolute Gasteiger partial charge is 0.243 e. The van der Waals surface area contributed by atoms with Crippen molar-refractivity contribution in [2.24, 2.45) is 5.92 Å². The number of fused-ring (bicyclic) bond motifs is 1. The number of piperidine rings is 1. The van der Waals surface area contributed by atoms with Crippen molar-refractivity contribution in [2.45, 2.75) is 34.9 Å². The van der Waals surface area contributed by atoms with E-state index in [0.717, 1.165) is 19.3 Å². The van der Waals surface area contributed by atoms with Gasteiger partial charge in [-0.25, -0.2) is 8.42 Å². The van der Waals surface area contributed by atoms with Crippen LogP contribution in [0.5, 0.6) is 0 Å². The molecule has 0 bridgehead atoms. The Bertz CT molecular complexity index is 893. The molecule has 0 amide bonds. The summed E-state index contributed by atoms with van der Waals surface area (Å²) in [6, 6.07) is 4.76. The van der Waals surface area contributed by atoms with Gasteiger partial charge in [0, 0.05) is 19.0 Å². The van der Waals surface area contributed by atoms with E-state index < -0.39 is 14.4 Å². The van der Waals surface area contributed by atoms with Crippen molar-refractivity contribution in [3.05, 3.63) is 18.2 Å². The Morgan fingerprint density at radius 2 is 1.96 bits per heavy atom. The summed E-state index contributed by atoms with van der Waals surface area (Å²) in [7, 11) is -3.52. The molecule has 1 aliphatic carbocycles. The molecular weight excluding hydrogens is 387 g/mol. The summed E-state index contributed by atoms with van der Waals surface area (Å²) in [6.07, 6.45) is 3.52. The van der Waals surface area contributed by atoms with Gasteiger partial charge in [0.15, 0.2) is 0 Å². The highest BCUT2D eigenvalue weighted by atomic mass is 35.5. The lowest BCUT2D eigenvalue weighted by Gasteiger charge is -2.25. The quantitative estimate of drug-likeness (QED) is 0.713. The molecule has 2 aliphatic rings.